The number of amides is 1. The van der Waals surface area contributed by atoms with Gasteiger partial charge in [-0.3, -0.25) is 13.8 Å². The van der Waals surface area contributed by atoms with Gasteiger partial charge in [0, 0.05) is 13.0 Å². The van der Waals surface area contributed by atoms with Gasteiger partial charge < -0.3 is 21.1 Å². The summed E-state index contributed by atoms with van der Waals surface area (Å²) < 4.78 is 22.0. The largest absolute Gasteiger partial charge is 0.472 e. The van der Waals surface area contributed by atoms with E-state index < -0.39 is 26.6 Å². The summed E-state index contributed by atoms with van der Waals surface area (Å²) in [5, 5.41) is 13.6. The summed E-state index contributed by atoms with van der Waals surface area (Å²) in [5.74, 6) is -0.270. The molecule has 0 aromatic carbocycles. The first kappa shape index (κ1) is 50.4. The van der Waals surface area contributed by atoms with Gasteiger partial charge in [-0.15, -0.1) is 0 Å². The van der Waals surface area contributed by atoms with Crippen molar-refractivity contribution in [2.45, 2.75) is 154 Å². The minimum Gasteiger partial charge on any atom is -0.387 e. The number of hydrogen-bond donors (Lipinski definition) is 4. The van der Waals surface area contributed by atoms with Crippen LogP contribution in [-0.2, 0) is 18.4 Å². The fraction of sp³-hybridized carbons (Fsp3) is 0.614. The van der Waals surface area contributed by atoms with Crippen LogP contribution in [0.2, 0.25) is 0 Å². The highest BCUT2D eigenvalue weighted by molar-refractivity contribution is 7.47. The first-order chi connectivity index (χ1) is 25.9. The molecule has 0 aromatic heterocycles. The van der Waals surface area contributed by atoms with Crippen molar-refractivity contribution in [1.29, 1.82) is 0 Å². The second-order valence-electron chi connectivity index (χ2n) is 13.1. The van der Waals surface area contributed by atoms with Gasteiger partial charge in [-0.1, -0.05) is 150 Å². The van der Waals surface area contributed by atoms with Crippen molar-refractivity contribution >= 4 is 13.7 Å². The first-order valence-electron chi connectivity index (χ1n) is 20.4. The quantitative estimate of drug-likeness (QED) is 0.0284. The molecule has 0 saturated heterocycles. The number of unbranched alkanes of at least 4 members (excludes halogenated alkanes) is 10. The highest BCUT2D eigenvalue weighted by Gasteiger charge is 2.26. The number of aliphatic hydroxyl groups excluding tert-OH is 1. The number of allylic oxidation sites excluding steroid dienone is 15. The lowest BCUT2D eigenvalue weighted by Gasteiger charge is -2.23. The number of hydrogen-bond acceptors (Lipinski definition) is 6. The lowest BCUT2D eigenvalue weighted by atomic mass is 10.1. The van der Waals surface area contributed by atoms with Gasteiger partial charge >= 0.3 is 7.82 Å². The molecule has 53 heavy (non-hydrogen) atoms. The minimum atomic E-state index is -4.37. The molecule has 5 N–H and O–H groups in total. The smallest absolute Gasteiger partial charge is 0.387 e. The van der Waals surface area contributed by atoms with E-state index in [1.165, 1.54) is 51.4 Å². The van der Waals surface area contributed by atoms with Crippen molar-refractivity contribution in [2.24, 2.45) is 5.73 Å². The number of phosphoric acid groups is 1. The predicted molar refractivity (Wildman–Crippen MR) is 226 cm³/mol. The van der Waals surface area contributed by atoms with Gasteiger partial charge in [0.2, 0.25) is 5.91 Å². The van der Waals surface area contributed by atoms with E-state index in [1.54, 1.807) is 6.08 Å². The first-order valence-corrected chi connectivity index (χ1v) is 21.9. The molecule has 0 aliphatic rings. The van der Waals surface area contributed by atoms with E-state index in [-0.39, 0.29) is 25.5 Å². The summed E-state index contributed by atoms with van der Waals surface area (Å²) >= 11 is 0. The van der Waals surface area contributed by atoms with Crippen LogP contribution in [0, 0.1) is 0 Å². The van der Waals surface area contributed by atoms with Gasteiger partial charge in [0.1, 0.15) is 0 Å². The van der Waals surface area contributed by atoms with Gasteiger partial charge in [-0.05, 0) is 83.5 Å². The summed E-state index contributed by atoms with van der Waals surface area (Å²) in [6.45, 7) is 3.91. The van der Waals surface area contributed by atoms with Crippen molar-refractivity contribution in [1.82, 2.24) is 5.32 Å². The van der Waals surface area contributed by atoms with E-state index in [4.69, 9.17) is 14.8 Å². The zero-order valence-electron chi connectivity index (χ0n) is 33.2. The molecule has 0 aliphatic heterocycles. The molecular formula is C44H75N2O6P. The maximum Gasteiger partial charge on any atom is 0.472 e. The lowest BCUT2D eigenvalue weighted by molar-refractivity contribution is -0.122. The number of nitrogens with two attached hydrogens (primary N) is 1. The average Bonchev–Trinajstić information content (AvgIpc) is 3.14. The maximum atomic E-state index is 12.7. The Labute approximate surface area is 323 Å². The van der Waals surface area contributed by atoms with Crippen molar-refractivity contribution in [3.05, 3.63) is 97.2 Å². The summed E-state index contributed by atoms with van der Waals surface area (Å²) in [7, 11) is -4.37. The highest BCUT2D eigenvalue weighted by Crippen LogP contribution is 2.43. The van der Waals surface area contributed by atoms with E-state index in [0.29, 0.717) is 12.8 Å². The SMILES string of the molecule is CC/C=C\C/C=C\C/C=C\C/C=C\C/C=C\CCCC(=O)NC(COP(=O)(O)OCCN)C(O)/C=C/CC/C=C/CC/C=C/CCCCCCCCC. The highest BCUT2D eigenvalue weighted by atomic mass is 31.2. The maximum absolute atomic E-state index is 12.7. The second-order valence-corrected chi connectivity index (χ2v) is 14.5. The predicted octanol–water partition coefficient (Wildman–Crippen LogP) is 11.2. The van der Waals surface area contributed by atoms with Crippen LogP contribution in [0.25, 0.3) is 0 Å². The third-order valence-electron chi connectivity index (χ3n) is 8.12. The average molecular weight is 759 g/mol. The van der Waals surface area contributed by atoms with Crippen LogP contribution in [0.4, 0.5) is 0 Å². The molecule has 1 amide bonds. The number of carbonyl (C=O) groups is 1. The Balaban J connectivity index is 4.49. The van der Waals surface area contributed by atoms with Crippen LogP contribution in [-0.4, -0.2) is 47.8 Å². The van der Waals surface area contributed by atoms with Crippen LogP contribution in [0.1, 0.15) is 142 Å². The number of carbonyl (C=O) groups excluding carboxylic acids is 1. The number of aliphatic hydroxyl groups is 1. The zero-order valence-corrected chi connectivity index (χ0v) is 34.1. The van der Waals surface area contributed by atoms with Gasteiger partial charge in [0.25, 0.3) is 0 Å². The van der Waals surface area contributed by atoms with Gasteiger partial charge in [-0.2, -0.15) is 0 Å². The molecule has 0 heterocycles. The molecule has 0 spiro atoms. The normalized spacial score (nSPS) is 15.2. The summed E-state index contributed by atoms with van der Waals surface area (Å²) in [6, 6.07) is -0.919. The fourth-order valence-electron chi connectivity index (χ4n) is 5.08. The molecular weight excluding hydrogens is 683 g/mol. The van der Waals surface area contributed by atoms with Crippen LogP contribution < -0.4 is 11.1 Å². The van der Waals surface area contributed by atoms with E-state index >= 15 is 0 Å². The Bertz CT molecular complexity index is 1140. The molecule has 0 aliphatic carbocycles. The molecule has 0 aromatic rings. The Morgan fingerprint density at radius 3 is 1.68 bits per heavy atom. The van der Waals surface area contributed by atoms with Crippen molar-refractivity contribution in [3.63, 3.8) is 0 Å². The van der Waals surface area contributed by atoms with Gasteiger partial charge in [0.05, 0.1) is 25.4 Å². The third-order valence-corrected chi connectivity index (χ3v) is 9.11. The lowest BCUT2D eigenvalue weighted by Crippen LogP contribution is -2.45. The number of nitrogens with one attached hydrogen (secondary N) is 1. The van der Waals surface area contributed by atoms with Crippen LogP contribution in [0.15, 0.2) is 97.2 Å². The molecule has 8 nitrogen and oxygen atoms in total. The van der Waals surface area contributed by atoms with Crippen molar-refractivity contribution in [3.8, 4) is 0 Å². The zero-order chi connectivity index (χ0) is 38.9. The van der Waals surface area contributed by atoms with Crippen molar-refractivity contribution < 1.29 is 28.4 Å². The Kier molecular flexibility index (Phi) is 37.2. The molecule has 3 unspecified atom stereocenters. The Morgan fingerprint density at radius 1 is 0.642 bits per heavy atom. The van der Waals surface area contributed by atoms with Gasteiger partial charge in [0.15, 0.2) is 0 Å². The van der Waals surface area contributed by atoms with Crippen molar-refractivity contribution in [2.75, 3.05) is 19.8 Å². The molecule has 0 fully saturated rings. The molecule has 0 saturated carbocycles. The standard InChI is InChI=1S/C44H75N2O6P/c1-3-5-7-9-11-13-15-17-19-21-23-25-27-29-31-33-35-37-43(47)42(41-52-53(49,50)51-40-39-45)46-44(48)38-36-34-32-30-28-26-24-22-20-18-16-14-12-10-8-6-4-2/h6,8,12,14,18-21,24,26-27,29-30,32,35,37,42-43,47H,3-5,7,9-11,13,15-17,22-23,25,28,31,33-34,36,38-41,45H2,1-2H3,(H,46,48)(H,49,50)/b8-6-,14-12-,20-18-,21-19+,26-24-,29-27+,32-30-,37-35+. The second kappa shape index (κ2) is 39.1. The Morgan fingerprint density at radius 2 is 1.11 bits per heavy atom. The van der Waals surface area contributed by atoms with E-state index in [0.717, 1.165) is 57.8 Å². The molecule has 302 valence electrons. The van der Waals surface area contributed by atoms with Crippen LogP contribution in [0.3, 0.4) is 0 Å². The van der Waals surface area contributed by atoms with E-state index in [9.17, 15) is 19.4 Å². The summed E-state index contributed by atoms with van der Waals surface area (Å²) in [4.78, 5) is 22.6. The molecule has 0 rings (SSSR count). The molecule has 0 bridgehead atoms. The number of phosphoric ester groups is 1. The Hall–Kier alpha value is -2.58. The fourth-order valence-corrected chi connectivity index (χ4v) is 5.84. The van der Waals surface area contributed by atoms with E-state index in [1.807, 2.05) is 6.08 Å². The molecule has 3 atom stereocenters. The van der Waals surface area contributed by atoms with Crippen LogP contribution in [0.5, 0.6) is 0 Å². The summed E-state index contributed by atoms with van der Waals surface area (Å²) in [5.41, 5.74) is 5.36. The van der Waals surface area contributed by atoms with E-state index in [2.05, 4.69) is 104 Å². The molecule has 9 heteroatoms. The number of rotatable bonds is 36. The minimum absolute atomic E-state index is 0.0573. The summed E-state index contributed by atoms with van der Waals surface area (Å²) in [6.07, 6.45) is 53.2. The monoisotopic (exact) mass is 759 g/mol. The van der Waals surface area contributed by atoms with Gasteiger partial charge in [-0.25, -0.2) is 4.57 Å². The third kappa shape index (κ3) is 37.5. The molecule has 0 radical (unpaired) electrons. The topological polar surface area (TPSA) is 131 Å². The van der Waals surface area contributed by atoms with Crippen LogP contribution >= 0.6 is 7.82 Å².